The van der Waals surface area contributed by atoms with Crippen LogP contribution in [-0.4, -0.2) is 17.2 Å². The van der Waals surface area contributed by atoms with E-state index in [4.69, 9.17) is 9.84 Å². The van der Waals surface area contributed by atoms with Crippen LogP contribution in [0.1, 0.15) is 12.8 Å². The summed E-state index contributed by atoms with van der Waals surface area (Å²) in [6, 6.07) is 2.95. The Bertz CT molecular complexity index is 414. The summed E-state index contributed by atoms with van der Waals surface area (Å²) in [5, 5.41) is 8.63. The third kappa shape index (κ3) is 2.13. The number of carbonyl (C=O) groups is 1. The zero-order valence-corrected chi connectivity index (χ0v) is 8.32. The first-order valence-corrected chi connectivity index (χ1v) is 4.91. The van der Waals surface area contributed by atoms with Gasteiger partial charge in [0, 0.05) is 6.07 Å². The van der Waals surface area contributed by atoms with E-state index in [0.717, 1.165) is 18.2 Å². The Morgan fingerprint density at radius 1 is 1.38 bits per heavy atom. The zero-order chi connectivity index (χ0) is 11.7. The third-order valence-corrected chi connectivity index (χ3v) is 2.63. The minimum Gasteiger partial charge on any atom is -0.487 e. The van der Waals surface area contributed by atoms with Crippen LogP contribution in [-0.2, 0) is 4.79 Å². The van der Waals surface area contributed by atoms with Crippen molar-refractivity contribution in [2.45, 2.75) is 18.9 Å². The molecule has 0 bridgehead atoms. The summed E-state index contributed by atoms with van der Waals surface area (Å²) >= 11 is 0. The largest absolute Gasteiger partial charge is 0.487 e. The van der Waals surface area contributed by atoms with Crippen LogP contribution in [0, 0.1) is 17.6 Å². The normalized spacial score (nSPS) is 23.6. The second-order valence-electron chi connectivity index (χ2n) is 3.82. The molecule has 1 fully saturated rings. The average molecular weight is 228 g/mol. The second kappa shape index (κ2) is 4.08. The van der Waals surface area contributed by atoms with Crippen molar-refractivity contribution in [1.29, 1.82) is 0 Å². The molecule has 0 spiro atoms. The maximum absolute atomic E-state index is 13.1. The van der Waals surface area contributed by atoms with E-state index in [2.05, 4.69) is 0 Å². The topological polar surface area (TPSA) is 46.5 Å². The summed E-state index contributed by atoms with van der Waals surface area (Å²) in [7, 11) is 0. The first-order valence-electron chi connectivity index (χ1n) is 4.91. The van der Waals surface area contributed by atoms with Crippen LogP contribution in [0.5, 0.6) is 5.75 Å². The van der Waals surface area contributed by atoms with Crippen molar-refractivity contribution in [2.75, 3.05) is 0 Å². The highest BCUT2D eigenvalue weighted by atomic mass is 19.1. The van der Waals surface area contributed by atoms with Crippen molar-refractivity contribution in [2.24, 2.45) is 5.92 Å². The number of rotatable bonds is 3. The molecule has 0 heterocycles. The number of benzene rings is 1. The van der Waals surface area contributed by atoms with E-state index in [1.807, 2.05) is 0 Å². The number of carboxylic acids is 1. The number of halogens is 2. The molecule has 0 amide bonds. The van der Waals surface area contributed by atoms with Crippen LogP contribution >= 0.6 is 0 Å². The van der Waals surface area contributed by atoms with Gasteiger partial charge < -0.3 is 9.84 Å². The van der Waals surface area contributed by atoms with Crippen molar-refractivity contribution < 1.29 is 23.4 Å². The summed E-state index contributed by atoms with van der Waals surface area (Å²) in [5.41, 5.74) is 0. The molecule has 0 saturated heterocycles. The van der Waals surface area contributed by atoms with Gasteiger partial charge in [0.1, 0.15) is 11.9 Å². The van der Waals surface area contributed by atoms with Crippen LogP contribution in [0.2, 0.25) is 0 Å². The SMILES string of the molecule is O=C(O)C1CC(Oc2cc(F)ccc2F)C1. The standard InChI is InChI=1S/C11H10F2O3/c12-7-1-2-9(13)10(5-7)16-8-3-6(4-8)11(14)15/h1-2,5-6,8H,3-4H2,(H,14,15). The lowest BCUT2D eigenvalue weighted by molar-refractivity contribution is -0.148. The number of hydrogen-bond acceptors (Lipinski definition) is 2. The van der Waals surface area contributed by atoms with Gasteiger partial charge in [-0.25, -0.2) is 8.78 Å². The Labute approximate surface area is 90.7 Å². The van der Waals surface area contributed by atoms with E-state index in [0.29, 0.717) is 12.8 Å². The number of ether oxygens (including phenoxy) is 1. The summed E-state index contributed by atoms with van der Waals surface area (Å²) in [6.45, 7) is 0. The summed E-state index contributed by atoms with van der Waals surface area (Å²) in [4.78, 5) is 10.5. The van der Waals surface area contributed by atoms with E-state index >= 15 is 0 Å². The number of hydrogen-bond donors (Lipinski definition) is 1. The molecule has 1 aliphatic rings. The van der Waals surface area contributed by atoms with Crippen LogP contribution in [0.3, 0.4) is 0 Å². The lowest BCUT2D eigenvalue weighted by Crippen LogP contribution is -2.38. The molecule has 3 nitrogen and oxygen atoms in total. The maximum atomic E-state index is 13.1. The third-order valence-electron chi connectivity index (χ3n) is 2.63. The Hall–Kier alpha value is -1.65. The Balaban J connectivity index is 1.96. The Morgan fingerprint density at radius 3 is 2.69 bits per heavy atom. The molecule has 1 saturated carbocycles. The van der Waals surface area contributed by atoms with E-state index < -0.39 is 23.5 Å². The highest BCUT2D eigenvalue weighted by Gasteiger charge is 2.36. The zero-order valence-electron chi connectivity index (χ0n) is 8.32. The molecule has 0 unspecified atom stereocenters. The van der Waals surface area contributed by atoms with Gasteiger partial charge in [-0.2, -0.15) is 0 Å². The van der Waals surface area contributed by atoms with Gasteiger partial charge in [-0.15, -0.1) is 0 Å². The van der Waals surface area contributed by atoms with Gasteiger partial charge in [0.15, 0.2) is 11.6 Å². The lowest BCUT2D eigenvalue weighted by Gasteiger charge is -2.32. The van der Waals surface area contributed by atoms with E-state index in [9.17, 15) is 13.6 Å². The first-order chi connectivity index (χ1) is 7.56. The first kappa shape index (κ1) is 10.9. The van der Waals surface area contributed by atoms with Gasteiger partial charge >= 0.3 is 5.97 Å². The molecule has 0 atom stereocenters. The van der Waals surface area contributed by atoms with Gasteiger partial charge in [0.25, 0.3) is 0 Å². The van der Waals surface area contributed by atoms with Crippen LogP contribution in [0.4, 0.5) is 8.78 Å². The minimum absolute atomic E-state index is 0.158. The average Bonchev–Trinajstić information content (AvgIpc) is 2.15. The van der Waals surface area contributed by atoms with Gasteiger partial charge in [0.2, 0.25) is 0 Å². The van der Waals surface area contributed by atoms with Gasteiger partial charge in [-0.05, 0) is 25.0 Å². The van der Waals surface area contributed by atoms with Crippen molar-refractivity contribution in [1.82, 2.24) is 0 Å². The summed E-state index contributed by atoms with van der Waals surface area (Å²) < 4.78 is 31.1. The molecule has 0 radical (unpaired) electrons. The molecule has 0 aromatic heterocycles. The molecule has 1 aliphatic carbocycles. The lowest BCUT2D eigenvalue weighted by atomic mass is 9.82. The van der Waals surface area contributed by atoms with Crippen LogP contribution in [0.15, 0.2) is 18.2 Å². The monoisotopic (exact) mass is 228 g/mol. The van der Waals surface area contributed by atoms with E-state index in [1.165, 1.54) is 0 Å². The van der Waals surface area contributed by atoms with Gasteiger partial charge in [-0.3, -0.25) is 4.79 Å². The fourth-order valence-electron chi connectivity index (χ4n) is 1.61. The van der Waals surface area contributed by atoms with E-state index in [-0.39, 0.29) is 11.9 Å². The smallest absolute Gasteiger partial charge is 0.306 e. The van der Waals surface area contributed by atoms with Gasteiger partial charge in [0.05, 0.1) is 5.92 Å². The van der Waals surface area contributed by atoms with Crippen LogP contribution < -0.4 is 4.74 Å². The minimum atomic E-state index is -0.875. The fourth-order valence-corrected chi connectivity index (χ4v) is 1.61. The Morgan fingerprint density at radius 2 is 2.06 bits per heavy atom. The quantitative estimate of drug-likeness (QED) is 0.862. The Kier molecular flexibility index (Phi) is 2.77. The van der Waals surface area contributed by atoms with Crippen LogP contribution in [0.25, 0.3) is 0 Å². The number of carboxylic acid groups (broad SMARTS) is 1. The molecule has 86 valence electrons. The molecule has 5 heteroatoms. The van der Waals surface area contributed by atoms with Crippen molar-refractivity contribution >= 4 is 5.97 Å². The molecular formula is C11H10F2O3. The highest BCUT2D eigenvalue weighted by Crippen LogP contribution is 2.32. The molecule has 0 aliphatic heterocycles. The fraction of sp³-hybridized carbons (Fsp3) is 0.364. The number of aliphatic carboxylic acids is 1. The van der Waals surface area contributed by atoms with Gasteiger partial charge in [-0.1, -0.05) is 0 Å². The highest BCUT2D eigenvalue weighted by molar-refractivity contribution is 5.71. The van der Waals surface area contributed by atoms with Crippen molar-refractivity contribution in [3.63, 3.8) is 0 Å². The summed E-state index contributed by atoms with van der Waals surface area (Å²) in [5.74, 6) is -2.68. The van der Waals surface area contributed by atoms with E-state index in [1.54, 1.807) is 0 Å². The van der Waals surface area contributed by atoms with Crippen molar-refractivity contribution in [3.05, 3.63) is 29.8 Å². The predicted molar refractivity (Wildman–Crippen MR) is 51.1 cm³/mol. The molecule has 16 heavy (non-hydrogen) atoms. The molecule has 1 N–H and O–H groups in total. The molecular weight excluding hydrogens is 218 g/mol. The molecule has 1 aromatic carbocycles. The molecule has 2 rings (SSSR count). The van der Waals surface area contributed by atoms with Crippen molar-refractivity contribution in [3.8, 4) is 5.75 Å². The maximum Gasteiger partial charge on any atom is 0.306 e. The predicted octanol–water partition coefficient (Wildman–Crippen LogP) is 2.21. The summed E-state index contributed by atoms with van der Waals surface area (Å²) in [6.07, 6.45) is 0.341. The second-order valence-corrected chi connectivity index (χ2v) is 3.82. The molecule has 1 aromatic rings.